The van der Waals surface area contributed by atoms with Gasteiger partial charge in [0, 0.05) is 13.1 Å². The van der Waals surface area contributed by atoms with E-state index in [1.54, 1.807) is 12.0 Å². The molecule has 21 heavy (non-hydrogen) atoms. The zero-order valence-corrected chi connectivity index (χ0v) is 11.7. The van der Waals surface area contributed by atoms with Gasteiger partial charge in [-0.1, -0.05) is 12.1 Å². The molecule has 7 nitrogen and oxygen atoms in total. The summed E-state index contributed by atoms with van der Waals surface area (Å²) in [6.45, 7) is 1.29. The molecule has 0 bridgehead atoms. The van der Waals surface area contributed by atoms with E-state index in [4.69, 9.17) is 14.6 Å². The smallest absolute Gasteiger partial charge is 0.405 e. The Kier molecular flexibility index (Phi) is 4.99. The van der Waals surface area contributed by atoms with Gasteiger partial charge < -0.3 is 24.8 Å². The predicted molar refractivity (Wildman–Crippen MR) is 74.2 cm³/mol. The second-order valence-electron chi connectivity index (χ2n) is 4.68. The Morgan fingerprint density at radius 3 is 2.81 bits per heavy atom. The van der Waals surface area contributed by atoms with Gasteiger partial charge in [-0.2, -0.15) is 0 Å². The van der Waals surface area contributed by atoms with Crippen LogP contribution >= 0.6 is 0 Å². The van der Waals surface area contributed by atoms with Crippen LogP contribution in [0.15, 0.2) is 24.3 Å². The lowest BCUT2D eigenvalue weighted by molar-refractivity contribution is -0.133. The predicted octanol–water partition coefficient (Wildman–Crippen LogP) is 0.690. The van der Waals surface area contributed by atoms with Gasteiger partial charge in [-0.3, -0.25) is 4.79 Å². The highest BCUT2D eigenvalue weighted by Crippen LogP contribution is 2.14. The number of carbonyl (C=O) groups excluding carboxylic acids is 1. The molecule has 1 aromatic rings. The van der Waals surface area contributed by atoms with E-state index in [-0.39, 0.29) is 12.5 Å². The van der Waals surface area contributed by atoms with E-state index in [9.17, 15) is 9.59 Å². The molecular formula is C14H18N2O5. The van der Waals surface area contributed by atoms with Gasteiger partial charge in [-0.15, -0.1) is 0 Å². The summed E-state index contributed by atoms with van der Waals surface area (Å²) < 4.78 is 10.4. The third-order valence-corrected chi connectivity index (χ3v) is 3.23. The van der Waals surface area contributed by atoms with E-state index in [1.807, 2.05) is 24.3 Å². The van der Waals surface area contributed by atoms with E-state index < -0.39 is 12.1 Å². The molecule has 1 atom stereocenters. The maximum atomic E-state index is 12.3. The SMILES string of the molecule is COc1ccc(CN2CCOC[C@H](NC(=O)O)C2=O)cc1. The number of nitrogens with zero attached hydrogens (tertiary/aromatic N) is 1. The number of methoxy groups -OCH3 is 1. The van der Waals surface area contributed by atoms with Crippen molar-refractivity contribution in [3.63, 3.8) is 0 Å². The first-order valence-electron chi connectivity index (χ1n) is 6.59. The maximum Gasteiger partial charge on any atom is 0.405 e. The number of carboxylic acid groups (broad SMARTS) is 1. The Balaban J connectivity index is 2.05. The van der Waals surface area contributed by atoms with Crippen LogP contribution in [0.25, 0.3) is 0 Å². The Morgan fingerprint density at radius 1 is 1.48 bits per heavy atom. The quantitative estimate of drug-likeness (QED) is 0.853. The van der Waals surface area contributed by atoms with Crippen LogP contribution in [0.3, 0.4) is 0 Å². The normalized spacial score (nSPS) is 19.0. The maximum absolute atomic E-state index is 12.3. The van der Waals surface area contributed by atoms with Gasteiger partial charge in [-0.05, 0) is 17.7 Å². The molecule has 7 heteroatoms. The monoisotopic (exact) mass is 294 g/mol. The Bertz CT molecular complexity index is 503. The van der Waals surface area contributed by atoms with Crippen molar-refractivity contribution in [2.24, 2.45) is 0 Å². The number of carbonyl (C=O) groups is 2. The molecule has 1 heterocycles. The first-order chi connectivity index (χ1) is 10.1. The van der Waals surface area contributed by atoms with Crippen molar-refractivity contribution in [1.29, 1.82) is 0 Å². The lowest BCUT2D eigenvalue weighted by atomic mass is 10.2. The molecule has 0 saturated carbocycles. The first-order valence-corrected chi connectivity index (χ1v) is 6.59. The largest absolute Gasteiger partial charge is 0.497 e. The highest BCUT2D eigenvalue weighted by atomic mass is 16.5. The minimum atomic E-state index is -1.23. The molecule has 0 aromatic heterocycles. The first kappa shape index (κ1) is 15.1. The molecule has 1 saturated heterocycles. The molecule has 2 amide bonds. The van der Waals surface area contributed by atoms with Gasteiger partial charge in [0.2, 0.25) is 5.91 Å². The second kappa shape index (κ2) is 6.94. The van der Waals surface area contributed by atoms with E-state index in [0.717, 1.165) is 11.3 Å². The molecule has 1 fully saturated rings. The van der Waals surface area contributed by atoms with Gasteiger partial charge in [0.05, 0.1) is 20.3 Å². The van der Waals surface area contributed by atoms with Crippen molar-refractivity contribution in [1.82, 2.24) is 10.2 Å². The van der Waals surface area contributed by atoms with E-state index in [1.165, 1.54) is 0 Å². The van der Waals surface area contributed by atoms with Gasteiger partial charge >= 0.3 is 6.09 Å². The molecule has 1 aliphatic rings. The molecule has 0 radical (unpaired) electrons. The zero-order chi connectivity index (χ0) is 15.2. The number of ether oxygens (including phenoxy) is 2. The second-order valence-corrected chi connectivity index (χ2v) is 4.68. The number of hydrogen-bond donors (Lipinski definition) is 2. The van der Waals surface area contributed by atoms with Crippen LogP contribution in [0.2, 0.25) is 0 Å². The average molecular weight is 294 g/mol. The lowest BCUT2D eigenvalue weighted by Gasteiger charge is -2.23. The fraction of sp³-hybridized carbons (Fsp3) is 0.429. The summed E-state index contributed by atoms with van der Waals surface area (Å²) in [4.78, 5) is 24.6. The number of rotatable bonds is 4. The third kappa shape index (κ3) is 4.09. The topological polar surface area (TPSA) is 88.1 Å². The summed E-state index contributed by atoms with van der Waals surface area (Å²) in [6.07, 6.45) is -1.23. The van der Waals surface area contributed by atoms with Crippen molar-refractivity contribution in [3.05, 3.63) is 29.8 Å². The van der Waals surface area contributed by atoms with Crippen LogP contribution in [0, 0.1) is 0 Å². The summed E-state index contributed by atoms with van der Waals surface area (Å²) in [5, 5.41) is 10.9. The van der Waals surface area contributed by atoms with Crippen LogP contribution in [0.4, 0.5) is 4.79 Å². The molecule has 2 N–H and O–H groups in total. The van der Waals surface area contributed by atoms with Gasteiger partial charge in [-0.25, -0.2) is 4.79 Å². The number of amides is 2. The number of benzene rings is 1. The van der Waals surface area contributed by atoms with Crippen LogP contribution in [0.5, 0.6) is 5.75 Å². The summed E-state index contributed by atoms with van der Waals surface area (Å²) in [5.41, 5.74) is 0.945. The summed E-state index contributed by atoms with van der Waals surface area (Å²) in [7, 11) is 1.59. The zero-order valence-electron chi connectivity index (χ0n) is 11.7. The Morgan fingerprint density at radius 2 is 2.19 bits per heavy atom. The summed E-state index contributed by atoms with van der Waals surface area (Å²) in [5.74, 6) is 0.473. The molecule has 114 valence electrons. The molecular weight excluding hydrogens is 276 g/mol. The van der Waals surface area contributed by atoms with Crippen molar-refractivity contribution < 1.29 is 24.2 Å². The minimum absolute atomic E-state index is 0.0598. The Labute approximate surface area is 122 Å². The average Bonchev–Trinajstić information content (AvgIpc) is 2.63. The van der Waals surface area contributed by atoms with Crippen molar-refractivity contribution in [2.45, 2.75) is 12.6 Å². The van der Waals surface area contributed by atoms with Gasteiger partial charge in [0.25, 0.3) is 0 Å². The fourth-order valence-electron chi connectivity index (χ4n) is 2.14. The van der Waals surface area contributed by atoms with Crippen molar-refractivity contribution in [3.8, 4) is 5.75 Å². The van der Waals surface area contributed by atoms with Crippen LogP contribution in [0.1, 0.15) is 5.56 Å². The van der Waals surface area contributed by atoms with Gasteiger partial charge in [0.1, 0.15) is 11.8 Å². The lowest BCUT2D eigenvalue weighted by Crippen LogP contribution is -2.48. The minimum Gasteiger partial charge on any atom is -0.497 e. The summed E-state index contributed by atoms with van der Waals surface area (Å²) in [6, 6.07) is 6.53. The third-order valence-electron chi connectivity index (χ3n) is 3.23. The van der Waals surface area contributed by atoms with E-state index in [0.29, 0.717) is 19.7 Å². The van der Waals surface area contributed by atoms with Crippen molar-refractivity contribution >= 4 is 12.0 Å². The number of hydrogen-bond acceptors (Lipinski definition) is 4. The molecule has 0 aliphatic carbocycles. The highest BCUT2D eigenvalue weighted by Gasteiger charge is 2.28. The molecule has 2 rings (SSSR count). The Hall–Kier alpha value is -2.28. The molecule has 1 aromatic carbocycles. The highest BCUT2D eigenvalue weighted by molar-refractivity contribution is 5.85. The fourth-order valence-corrected chi connectivity index (χ4v) is 2.14. The molecule has 0 unspecified atom stereocenters. The summed E-state index contributed by atoms with van der Waals surface area (Å²) >= 11 is 0. The van der Waals surface area contributed by atoms with Crippen LogP contribution < -0.4 is 10.1 Å². The molecule has 1 aliphatic heterocycles. The standard InChI is InChI=1S/C14H18N2O5/c1-20-11-4-2-10(3-5-11)8-16-6-7-21-9-12(13(16)17)15-14(18)19/h2-5,12,15H,6-9H2,1H3,(H,18,19)/t12-/m0/s1. The van der Waals surface area contributed by atoms with Crippen LogP contribution in [-0.2, 0) is 16.1 Å². The molecule has 0 spiro atoms. The van der Waals surface area contributed by atoms with Crippen LogP contribution in [-0.4, -0.2) is 54.9 Å². The van der Waals surface area contributed by atoms with Gasteiger partial charge in [0.15, 0.2) is 0 Å². The van der Waals surface area contributed by atoms with Crippen molar-refractivity contribution in [2.75, 3.05) is 26.9 Å². The van der Waals surface area contributed by atoms with E-state index >= 15 is 0 Å². The number of nitrogens with one attached hydrogen (secondary N) is 1. The van der Waals surface area contributed by atoms with E-state index in [2.05, 4.69) is 5.32 Å².